The molecule has 0 amide bonds. The third-order valence-electron chi connectivity index (χ3n) is 3.23. The van der Waals surface area contributed by atoms with E-state index >= 15 is 0 Å². The van der Waals surface area contributed by atoms with E-state index < -0.39 is 35.3 Å². The van der Waals surface area contributed by atoms with Crippen molar-refractivity contribution in [3.63, 3.8) is 0 Å². The lowest BCUT2D eigenvalue weighted by molar-refractivity contribution is -0.384. The molecule has 12 heteroatoms. The van der Waals surface area contributed by atoms with Crippen LogP contribution in [0.1, 0.15) is 0 Å². The SMILES string of the molecule is O=[N+]([O-])c1cc(NC(=S)Nc2ccccc2Cl)cc(OCC(F)(F)C(F)F)c1. The fourth-order valence-electron chi connectivity index (χ4n) is 1.93. The van der Waals surface area contributed by atoms with Crippen LogP contribution in [0.4, 0.5) is 34.6 Å². The Morgan fingerprint density at radius 2 is 1.93 bits per heavy atom. The van der Waals surface area contributed by atoms with E-state index in [2.05, 4.69) is 15.4 Å². The van der Waals surface area contributed by atoms with Crippen LogP contribution in [0.3, 0.4) is 0 Å². The van der Waals surface area contributed by atoms with E-state index in [-0.39, 0.29) is 10.8 Å². The summed E-state index contributed by atoms with van der Waals surface area (Å²) < 4.78 is 55.1. The maximum atomic E-state index is 13.0. The van der Waals surface area contributed by atoms with Crippen LogP contribution >= 0.6 is 23.8 Å². The monoisotopic (exact) mass is 437 g/mol. The zero-order valence-corrected chi connectivity index (χ0v) is 15.4. The van der Waals surface area contributed by atoms with Crippen molar-refractivity contribution >= 4 is 46.0 Å². The second kappa shape index (κ2) is 9.02. The molecular weight excluding hydrogens is 426 g/mol. The highest BCUT2D eigenvalue weighted by Crippen LogP contribution is 2.29. The first kappa shape index (κ1) is 21.6. The van der Waals surface area contributed by atoms with E-state index in [1.54, 1.807) is 24.3 Å². The Kier molecular flexibility index (Phi) is 6.97. The van der Waals surface area contributed by atoms with Gasteiger partial charge >= 0.3 is 12.3 Å². The number of para-hydroxylation sites is 1. The Morgan fingerprint density at radius 3 is 2.54 bits per heavy atom. The van der Waals surface area contributed by atoms with Crippen LogP contribution in [0.2, 0.25) is 5.02 Å². The molecule has 0 unspecified atom stereocenters. The Morgan fingerprint density at radius 1 is 1.25 bits per heavy atom. The number of nitrogens with zero attached hydrogens (tertiary/aromatic N) is 1. The van der Waals surface area contributed by atoms with Crippen molar-refractivity contribution in [3.8, 4) is 5.75 Å². The number of benzene rings is 2. The molecule has 2 rings (SSSR count). The Bertz CT molecular complexity index is 886. The summed E-state index contributed by atoms with van der Waals surface area (Å²) >= 11 is 11.1. The van der Waals surface area contributed by atoms with E-state index in [0.717, 1.165) is 18.2 Å². The molecule has 28 heavy (non-hydrogen) atoms. The average Bonchev–Trinajstić information content (AvgIpc) is 2.61. The van der Waals surface area contributed by atoms with Crippen molar-refractivity contribution in [2.75, 3.05) is 17.2 Å². The number of halogens is 5. The van der Waals surface area contributed by atoms with Crippen LogP contribution in [0.25, 0.3) is 0 Å². The summed E-state index contributed by atoms with van der Waals surface area (Å²) in [5, 5.41) is 16.8. The molecule has 6 nitrogen and oxygen atoms in total. The number of rotatable bonds is 7. The van der Waals surface area contributed by atoms with Crippen molar-refractivity contribution in [1.29, 1.82) is 0 Å². The summed E-state index contributed by atoms with van der Waals surface area (Å²) in [5.74, 6) is -4.81. The second-order valence-corrected chi connectivity index (χ2v) is 6.20. The number of hydrogen-bond acceptors (Lipinski definition) is 4. The number of alkyl halides is 4. The molecule has 0 aliphatic rings. The second-order valence-electron chi connectivity index (χ2n) is 5.38. The van der Waals surface area contributed by atoms with E-state index in [1.165, 1.54) is 0 Å². The molecule has 0 aromatic heterocycles. The van der Waals surface area contributed by atoms with Crippen molar-refractivity contribution in [3.05, 3.63) is 57.6 Å². The minimum atomic E-state index is -4.40. The third kappa shape index (κ3) is 5.92. The van der Waals surface area contributed by atoms with Crippen LogP contribution in [0, 0.1) is 10.1 Å². The molecule has 0 atom stereocenters. The average molecular weight is 438 g/mol. The Hall–Kier alpha value is -2.66. The number of nitro groups is 1. The molecule has 150 valence electrons. The van der Waals surface area contributed by atoms with Crippen molar-refractivity contribution in [2.45, 2.75) is 12.3 Å². The van der Waals surface area contributed by atoms with E-state index in [1.807, 2.05) is 0 Å². The van der Waals surface area contributed by atoms with E-state index in [4.69, 9.17) is 23.8 Å². The molecule has 0 saturated carbocycles. The van der Waals surface area contributed by atoms with Gasteiger partial charge < -0.3 is 15.4 Å². The maximum Gasteiger partial charge on any atom is 0.340 e. The predicted octanol–water partition coefficient (Wildman–Crippen LogP) is 5.34. The number of thiocarbonyl (C=S) groups is 1. The van der Waals surface area contributed by atoms with Crippen molar-refractivity contribution in [1.82, 2.24) is 0 Å². The fraction of sp³-hybridized carbons (Fsp3) is 0.188. The van der Waals surface area contributed by atoms with Gasteiger partial charge in [0.05, 0.1) is 27.4 Å². The lowest BCUT2D eigenvalue weighted by atomic mass is 10.2. The Labute approximate surface area is 166 Å². The van der Waals surface area contributed by atoms with Gasteiger partial charge in [-0.05, 0) is 24.4 Å². The molecule has 0 saturated heterocycles. The van der Waals surface area contributed by atoms with Crippen LogP contribution in [-0.2, 0) is 0 Å². The molecule has 0 aliphatic carbocycles. The van der Waals surface area contributed by atoms with Crippen molar-refractivity contribution < 1.29 is 27.2 Å². The first-order chi connectivity index (χ1) is 13.1. The number of ether oxygens (including phenoxy) is 1. The lowest BCUT2D eigenvalue weighted by Crippen LogP contribution is -2.33. The Balaban J connectivity index is 2.17. The predicted molar refractivity (Wildman–Crippen MR) is 101 cm³/mol. The quantitative estimate of drug-likeness (QED) is 0.264. The highest BCUT2D eigenvalue weighted by molar-refractivity contribution is 7.80. The van der Waals surface area contributed by atoms with Gasteiger partial charge in [0.1, 0.15) is 5.75 Å². The molecule has 0 heterocycles. The fourth-order valence-corrected chi connectivity index (χ4v) is 2.34. The van der Waals surface area contributed by atoms with Crippen LogP contribution in [0.5, 0.6) is 5.75 Å². The third-order valence-corrected chi connectivity index (χ3v) is 3.77. The molecule has 2 N–H and O–H groups in total. The van der Waals surface area contributed by atoms with Gasteiger partial charge in [0, 0.05) is 12.1 Å². The molecule has 0 radical (unpaired) electrons. The minimum absolute atomic E-state index is 0.00235. The summed E-state index contributed by atoms with van der Waals surface area (Å²) in [5.41, 5.74) is -0.0322. The molecule has 0 aliphatic heterocycles. The molecule has 2 aromatic carbocycles. The van der Waals surface area contributed by atoms with Gasteiger partial charge in [0.2, 0.25) is 0 Å². The normalized spacial score (nSPS) is 11.2. The summed E-state index contributed by atoms with van der Waals surface area (Å²) in [4.78, 5) is 10.2. The molecule has 0 fully saturated rings. The number of anilines is 2. The van der Waals surface area contributed by atoms with Gasteiger partial charge in [0.25, 0.3) is 5.69 Å². The number of nitro benzene ring substituents is 1. The zero-order chi connectivity index (χ0) is 20.9. The first-order valence-electron chi connectivity index (χ1n) is 7.49. The number of non-ortho nitro benzene ring substituents is 1. The highest BCUT2D eigenvalue weighted by atomic mass is 35.5. The molecule has 0 bridgehead atoms. The topological polar surface area (TPSA) is 76.4 Å². The van der Waals surface area contributed by atoms with Gasteiger partial charge in [-0.1, -0.05) is 23.7 Å². The minimum Gasteiger partial charge on any atom is -0.487 e. The summed E-state index contributed by atoms with van der Waals surface area (Å²) in [7, 11) is 0. The van der Waals surface area contributed by atoms with Gasteiger partial charge in [0.15, 0.2) is 11.7 Å². The van der Waals surface area contributed by atoms with E-state index in [9.17, 15) is 27.7 Å². The molecular formula is C16H12ClF4N3O3S. The van der Waals surface area contributed by atoms with Crippen molar-refractivity contribution in [2.24, 2.45) is 0 Å². The number of hydrogen-bond donors (Lipinski definition) is 2. The highest BCUT2D eigenvalue weighted by Gasteiger charge is 2.41. The summed E-state index contributed by atoms with van der Waals surface area (Å²) in [6, 6.07) is 9.63. The van der Waals surface area contributed by atoms with Gasteiger partial charge in [-0.2, -0.15) is 8.78 Å². The first-order valence-corrected chi connectivity index (χ1v) is 8.28. The molecule has 0 spiro atoms. The van der Waals surface area contributed by atoms with Crippen LogP contribution in [-0.4, -0.2) is 29.0 Å². The smallest absolute Gasteiger partial charge is 0.340 e. The lowest BCUT2D eigenvalue weighted by Gasteiger charge is -2.17. The van der Waals surface area contributed by atoms with Gasteiger partial charge in [-0.15, -0.1) is 0 Å². The van der Waals surface area contributed by atoms with Crippen LogP contribution < -0.4 is 15.4 Å². The zero-order valence-electron chi connectivity index (χ0n) is 13.8. The standard InChI is InChI=1S/C16H12ClF4N3O3S/c17-12-3-1-2-4-13(12)23-15(28)22-9-5-10(24(25)26)7-11(6-9)27-8-16(20,21)14(18)19/h1-7,14H,8H2,(H2,22,23,28). The van der Waals surface area contributed by atoms with Gasteiger partial charge in [-0.3, -0.25) is 10.1 Å². The number of nitrogens with one attached hydrogen (secondary N) is 2. The molecule has 2 aromatic rings. The van der Waals surface area contributed by atoms with Gasteiger partial charge in [-0.25, -0.2) is 8.78 Å². The largest absolute Gasteiger partial charge is 0.487 e. The summed E-state index contributed by atoms with van der Waals surface area (Å²) in [6.07, 6.45) is -3.93. The van der Waals surface area contributed by atoms with Crippen LogP contribution in [0.15, 0.2) is 42.5 Å². The van der Waals surface area contributed by atoms with E-state index in [0.29, 0.717) is 10.7 Å². The maximum absolute atomic E-state index is 13.0. The summed E-state index contributed by atoms with van der Waals surface area (Å²) in [6.45, 7) is -1.65.